The summed E-state index contributed by atoms with van der Waals surface area (Å²) in [5, 5.41) is 14.2. The number of amides is 2. The lowest BCUT2D eigenvalue weighted by atomic mass is 10.1. The summed E-state index contributed by atoms with van der Waals surface area (Å²) < 4.78 is 5.32. The summed E-state index contributed by atoms with van der Waals surface area (Å²) in [5.41, 5.74) is 0. The van der Waals surface area contributed by atoms with Crippen LogP contribution in [0.5, 0.6) is 0 Å². The van der Waals surface area contributed by atoms with E-state index in [1.807, 2.05) is 13.2 Å². The molecule has 1 rings (SSSR count). The molecule has 1 saturated heterocycles. The molecule has 6 nitrogen and oxygen atoms in total. The van der Waals surface area contributed by atoms with Crippen LogP contribution < -0.4 is 10.6 Å². The van der Waals surface area contributed by atoms with Crippen LogP contribution in [0.2, 0.25) is 0 Å². The number of nitrogens with one attached hydrogen (secondary N) is 2. The molecule has 0 aromatic heterocycles. The molecule has 0 radical (unpaired) electrons. The summed E-state index contributed by atoms with van der Waals surface area (Å²) in [7, 11) is 0. The number of carboxylic acids is 1. The monoisotopic (exact) mass is 276 g/mol. The summed E-state index contributed by atoms with van der Waals surface area (Å²) in [6.45, 7) is 2.52. The third-order valence-electron chi connectivity index (χ3n) is 2.91. The third-order valence-corrected chi connectivity index (χ3v) is 3.55. The Kier molecular flexibility index (Phi) is 6.28. The minimum absolute atomic E-state index is 0.0229. The molecule has 0 saturated carbocycles. The second kappa shape index (κ2) is 7.48. The lowest BCUT2D eigenvalue weighted by molar-refractivity contribution is -0.139. The minimum Gasteiger partial charge on any atom is -0.480 e. The van der Waals surface area contributed by atoms with Crippen LogP contribution in [0.25, 0.3) is 0 Å². The summed E-state index contributed by atoms with van der Waals surface area (Å²) in [6, 6.07) is -1.32. The lowest BCUT2D eigenvalue weighted by Gasteiger charge is -2.19. The van der Waals surface area contributed by atoms with Crippen molar-refractivity contribution in [2.75, 3.05) is 18.6 Å². The number of ether oxygens (including phenoxy) is 1. The molecule has 18 heavy (non-hydrogen) atoms. The molecular weight excluding hydrogens is 256 g/mol. The van der Waals surface area contributed by atoms with Crippen LogP contribution >= 0.6 is 11.8 Å². The van der Waals surface area contributed by atoms with E-state index in [4.69, 9.17) is 9.84 Å². The van der Waals surface area contributed by atoms with E-state index in [0.29, 0.717) is 18.8 Å². The summed E-state index contributed by atoms with van der Waals surface area (Å²) >= 11 is 1.55. The van der Waals surface area contributed by atoms with Gasteiger partial charge < -0.3 is 20.5 Å². The van der Waals surface area contributed by atoms with Gasteiger partial charge in [-0.05, 0) is 31.8 Å². The molecule has 1 fully saturated rings. The lowest BCUT2D eigenvalue weighted by Crippen LogP contribution is -2.50. The van der Waals surface area contributed by atoms with Gasteiger partial charge in [0.1, 0.15) is 6.04 Å². The first-order valence-corrected chi connectivity index (χ1v) is 7.34. The number of rotatable bonds is 6. The molecule has 104 valence electrons. The Bertz CT molecular complexity index is 301. The molecule has 3 N–H and O–H groups in total. The zero-order valence-electron chi connectivity index (χ0n) is 10.6. The van der Waals surface area contributed by atoms with Crippen LogP contribution in [0.4, 0.5) is 4.79 Å². The van der Waals surface area contributed by atoms with Gasteiger partial charge in [-0.25, -0.2) is 9.59 Å². The van der Waals surface area contributed by atoms with E-state index in [1.165, 1.54) is 0 Å². The Labute approximate surface area is 111 Å². The van der Waals surface area contributed by atoms with Crippen LogP contribution in [0.3, 0.4) is 0 Å². The first-order valence-electron chi connectivity index (χ1n) is 5.95. The Morgan fingerprint density at radius 1 is 1.56 bits per heavy atom. The SMILES string of the molecule is CSCC[C@H](NC(=O)NC1CCOC1C)C(=O)O. The Hall–Kier alpha value is -0.950. The van der Waals surface area contributed by atoms with E-state index in [9.17, 15) is 9.59 Å². The van der Waals surface area contributed by atoms with E-state index in [-0.39, 0.29) is 12.1 Å². The van der Waals surface area contributed by atoms with E-state index in [2.05, 4.69) is 10.6 Å². The van der Waals surface area contributed by atoms with Crippen LogP contribution in [-0.2, 0) is 9.53 Å². The van der Waals surface area contributed by atoms with Crippen molar-refractivity contribution in [1.82, 2.24) is 10.6 Å². The molecule has 7 heteroatoms. The zero-order valence-corrected chi connectivity index (χ0v) is 11.5. The van der Waals surface area contributed by atoms with E-state index < -0.39 is 18.0 Å². The molecule has 1 heterocycles. The summed E-state index contributed by atoms with van der Waals surface area (Å²) in [6.07, 6.45) is 3.05. The molecule has 0 bridgehead atoms. The maximum Gasteiger partial charge on any atom is 0.326 e. The highest BCUT2D eigenvalue weighted by molar-refractivity contribution is 7.98. The van der Waals surface area contributed by atoms with Gasteiger partial charge in [0.15, 0.2) is 0 Å². The highest BCUT2D eigenvalue weighted by Crippen LogP contribution is 2.12. The molecule has 1 aliphatic rings. The van der Waals surface area contributed by atoms with Gasteiger partial charge in [0, 0.05) is 6.61 Å². The van der Waals surface area contributed by atoms with Crippen molar-refractivity contribution in [2.24, 2.45) is 0 Å². The Balaban J connectivity index is 2.38. The molecule has 2 unspecified atom stereocenters. The maximum absolute atomic E-state index is 11.7. The maximum atomic E-state index is 11.7. The fourth-order valence-corrected chi connectivity index (χ4v) is 2.25. The second-order valence-corrected chi connectivity index (χ2v) is 5.25. The number of thioether (sulfide) groups is 1. The Morgan fingerprint density at radius 3 is 2.78 bits per heavy atom. The van der Waals surface area contributed by atoms with E-state index in [1.54, 1.807) is 11.8 Å². The minimum atomic E-state index is -1.00. The molecule has 0 aromatic rings. The van der Waals surface area contributed by atoms with Crippen LogP contribution in [-0.4, -0.2) is 53.9 Å². The van der Waals surface area contributed by atoms with Gasteiger partial charge in [0.25, 0.3) is 0 Å². The molecular formula is C11H20N2O4S. The number of hydrogen-bond donors (Lipinski definition) is 3. The smallest absolute Gasteiger partial charge is 0.326 e. The van der Waals surface area contributed by atoms with Gasteiger partial charge in [-0.3, -0.25) is 0 Å². The van der Waals surface area contributed by atoms with Crippen LogP contribution in [0.15, 0.2) is 0 Å². The van der Waals surface area contributed by atoms with Crippen molar-refractivity contribution in [3.05, 3.63) is 0 Å². The first kappa shape index (κ1) is 15.1. The molecule has 2 amide bonds. The van der Waals surface area contributed by atoms with E-state index in [0.717, 1.165) is 6.42 Å². The Morgan fingerprint density at radius 2 is 2.28 bits per heavy atom. The van der Waals surface area contributed by atoms with Gasteiger partial charge in [-0.1, -0.05) is 0 Å². The van der Waals surface area contributed by atoms with Gasteiger partial charge in [-0.2, -0.15) is 11.8 Å². The molecule has 0 spiro atoms. The largest absolute Gasteiger partial charge is 0.480 e. The highest BCUT2D eigenvalue weighted by atomic mass is 32.2. The highest BCUT2D eigenvalue weighted by Gasteiger charge is 2.27. The normalized spacial score (nSPS) is 24.6. The van der Waals surface area contributed by atoms with Crippen LogP contribution in [0.1, 0.15) is 19.8 Å². The van der Waals surface area contributed by atoms with Crippen molar-refractivity contribution >= 4 is 23.8 Å². The van der Waals surface area contributed by atoms with Crippen molar-refractivity contribution < 1.29 is 19.4 Å². The average Bonchev–Trinajstić information content (AvgIpc) is 2.70. The molecule has 0 aliphatic carbocycles. The fourth-order valence-electron chi connectivity index (χ4n) is 1.78. The predicted octanol–water partition coefficient (Wildman–Crippen LogP) is 0.669. The zero-order chi connectivity index (χ0) is 13.5. The summed E-state index contributed by atoms with van der Waals surface area (Å²) in [5.74, 6) is -0.310. The van der Waals surface area contributed by atoms with Crippen LogP contribution in [0, 0.1) is 0 Å². The molecule has 1 aliphatic heterocycles. The van der Waals surface area contributed by atoms with Crippen molar-refractivity contribution in [1.29, 1.82) is 0 Å². The standard InChI is InChI=1S/C11H20N2O4S/c1-7-8(3-5-17-7)12-11(16)13-9(10(14)15)4-6-18-2/h7-9H,3-6H2,1-2H3,(H,14,15)(H2,12,13,16)/t7?,8?,9-/m0/s1. The van der Waals surface area contributed by atoms with Gasteiger partial charge in [-0.15, -0.1) is 0 Å². The topological polar surface area (TPSA) is 87.7 Å². The molecule has 0 aromatic carbocycles. The van der Waals surface area contributed by atoms with E-state index >= 15 is 0 Å². The number of aliphatic carboxylic acids is 1. The van der Waals surface area contributed by atoms with Crippen molar-refractivity contribution in [3.8, 4) is 0 Å². The predicted molar refractivity (Wildman–Crippen MR) is 69.9 cm³/mol. The quantitative estimate of drug-likeness (QED) is 0.663. The summed E-state index contributed by atoms with van der Waals surface area (Å²) in [4.78, 5) is 22.6. The molecule has 3 atom stereocenters. The van der Waals surface area contributed by atoms with Gasteiger partial charge >= 0.3 is 12.0 Å². The van der Waals surface area contributed by atoms with Gasteiger partial charge in [0.2, 0.25) is 0 Å². The number of hydrogen-bond acceptors (Lipinski definition) is 4. The first-order chi connectivity index (χ1) is 8.54. The third kappa shape index (κ3) is 4.73. The van der Waals surface area contributed by atoms with Crippen molar-refractivity contribution in [2.45, 2.75) is 38.0 Å². The average molecular weight is 276 g/mol. The van der Waals surface area contributed by atoms with Gasteiger partial charge in [0.05, 0.1) is 12.1 Å². The van der Waals surface area contributed by atoms with Crippen molar-refractivity contribution in [3.63, 3.8) is 0 Å². The number of carbonyl (C=O) groups is 2. The number of urea groups is 1. The number of carbonyl (C=O) groups excluding carboxylic acids is 1. The fraction of sp³-hybridized carbons (Fsp3) is 0.818. The second-order valence-electron chi connectivity index (χ2n) is 4.26. The number of carboxylic acid groups (broad SMARTS) is 1.